The lowest BCUT2D eigenvalue weighted by Gasteiger charge is -2.24. The van der Waals surface area contributed by atoms with Gasteiger partial charge in [-0.2, -0.15) is 0 Å². The van der Waals surface area contributed by atoms with Gasteiger partial charge in [0.25, 0.3) is 5.91 Å². The molecule has 1 aliphatic carbocycles. The average molecular weight is 261 g/mol. The smallest absolute Gasteiger partial charge is 0.257 e. The Morgan fingerprint density at radius 3 is 2.84 bits per heavy atom. The van der Waals surface area contributed by atoms with Gasteiger partial charge < -0.3 is 10.2 Å². The maximum Gasteiger partial charge on any atom is 0.257 e. The van der Waals surface area contributed by atoms with E-state index in [2.05, 4.69) is 24.1 Å². The van der Waals surface area contributed by atoms with Crippen LogP contribution in [0.25, 0.3) is 0 Å². The Morgan fingerprint density at radius 1 is 1.53 bits per heavy atom. The Kier molecular flexibility index (Phi) is 4.40. The van der Waals surface area contributed by atoms with E-state index in [0.717, 1.165) is 25.8 Å². The first kappa shape index (κ1) is 13.8. The number of pyridine rings is 1. The van der Waals surface area contributed by atoms with Crippen LogP contribution in [0, 0.1) is 5.92 Å². The summed E-state index contributed by atoms with van der Waals surface area (Å²) in [6.45, 7) is 5.23. The minimum Gasteiger partial charge on any atom is -0.372 e. The van der Waals surface area contributed by atoms with Crippen LogP contribution >= 0.6 is 0 Å². The van der Waals surface area contributed by atoms with Crippen molar-refractivity contribution in [3.05, 3.63) is 23.9 Å². The Balaban J connectivity index is 2.14. The summed E-state index contributed by atoms with van der Waals surface area (Å²) in [6.07, 6.45) is 5.04. The van der Waals surface area contributed by atoms with Crippen LogP contribution in [0.3, 0.4) is 0 Å². The van der Waals surface area contributed by atoms with Crippen LogP contribution in [0.15, 0.2) is 18.3 Å². The van der Waals surface area contributed by atoms with Crippen molar-refractivity contribution in [1.29, 1.82) is 0 Å². The summed E-state index contributed by atoms with van der Waals surface area (Å²) < 4.78 is 0. The topological polar surface area (TPSA) is 45.2 Å². The fraction of sp³-hybridized carbons (Fsp3) is 0.600. The van der Waals surface area contributed by atoms with E-state index in [0.29, 0.717) is 23.3 Å². The zero-order valence-electron chi connectivity index (χ0n) is 12.0. The number of amides is 1. The molecule has 0 unspecified atom stereocenters. The number of anilines is 1. The molecule has 0 bridgehead atoms. The molecule has 2 rings (SSSR count). The van der Waals surface area contributed by atoms with E-state index < -0.39 is 0 Å². The molecule has 0 spiro atoms. The molecule has 1 aliphatic rings. The molecule has 1 saturated carbocycles. The molecule has 0 radical (unpaired) electrons. The van der Waals surface area contributed by atoms with E-state index >= 15 is 0 Å². The van der Waals surface area contributed by atoms with E-state index in [9.17, 15) is 4.79 Å². The van der Waals surface area contributed by atoms with Gasteiger partial charge in [-0.05, 0) is 37.3 Å². The first-order valence-electron chi connectivity index (χ1n) is 7.07. The molecule has 1 fully saturated rings. The van der Waals surface area contributed by atoms with Gasteiger partial charge in [0.2, 0.25) is 0 Å². The van der Waals surface area contributed by atoms with E-state index in [1.807, 2.05) is 17.0 Å². The third-order valence-electron chi connectivity index (χ3n) is 3.47. The molecule has 104 valence electrons. The normalized spacial score (nSPS) is 14.5. The zero-order valence-corrected chi connectivity index (χ0v) is 12.0. The second-order valence-corrected chi connectivity index (χ2v) is 5.56. The molecule has 0 aromatic carbocycles. The van der Waals surface area contributed by atoms with Crippen molar-refractivity contribution >= 4 is 11.7 Å². The van der Waals surface area contributed by atoms with Crippen LogP contribution in [0.5, 0.6) is 0 Å². The number of rotatable bonds is 6. The fourth-order valence-electron chi connectivity index (χ4n) is 2.17. The molecule has 1 N–H and O–H groups in total. The summed E-state index contributed by atoms with van der Waals surface area (Å²) in [5.41, 5.74) is 0.681. The molecule has 0 saturated heterocycles. The Hall–Kier alpha value is -1.58. The van der Waals surface area contributed by atoms with Crippen LogP contribution in [0.4, 0.5) is 5.82 Å². The molecule has 1 heterocycles. The number of hydrogen-bond donors (Lipinski definition) is 1. The number of aromatic nitrogens is 1. The number of carbonyl (C=O) groups excluding carboxylic acids is 1. The van der Waals surface area contributed by atoms with Crippen molar-refractivity contribution in [1.82, 2.24) is 9.88 Å². The first-order valence-corrected chi connectivity index (χ1v) is 7.07. The second-order valence-electron chi connectivity index (χ2n) is 5.56. The molecular weight excluding hydrogens is 238 g/mol. The summed E-state index contributed by atoms with van der Waals surface area (Å²) in [5.74, 6) is 1.40. The summed E-state index contributed by atoms with van der Waals surface area (Å²) >= 11 is 0. The van der Waals surface area contributed by atoms with E-state index in [4.69, 9.17) is 0 Å². The van der Waals surface area contributed by atoms with Gasteiger partial charge >= 0.3 is 0 Å². The van der Waals surface area contributed by atoms with Crippen LogP contribution in [0.1, 0.15) is 43.5 Å². The van der Waals surface area contributed by atoms with Crippen molar-refractivity contribution in [2.24, 2.45) is 5.92 Å². The molecule has 1 aromatic rings. The minimum atomic E-state index is 0.112. The zero-order chi connectivity index (χ0) is 13.8. The molecular formula is C15H23N3O. The maximum absolute atomic E-state index is 12.7. The number of nitrogens with one attached hydrogen (secondary N) is 1. The maximum atomic E-state index is 12.7. The monoisotopic (exact) mass is 261 g/mol. The summed E-state index contributed by atoms with van der Waals surface area (Å²) in [4.78, 5) is 18.9. The highest BCUT2D eigenvalue weighted by Gasteiger charge is 2.33. The van der Waals surface area contributed by atoms with Crippen molar-refractivity contribution in [2.45, 2.75) is 39.2 Å². The van der Waals surface area contributed by atoms with Crippen LogP contribution in [-0.2, 0) is 0 Å². The second kappa shape index (κ2) is 6.04. The van der Waals surface area contributed by atoms with Crippen LogP contribution in [0.2, 0.25) is 0 Å². The average Bonchev–Trinajstić information content (AvgIpc) is 3.23. The Labute approximate surface area is 115 Å². The lowest BCUT2D eigenvalue weighted by Crippen LogP contribution is -2.35. The fourth-order valence-corrected chi connectivity index (χ4v) is 2.17. The predicted molar refractivity (Wildman–Crippen MR) is 77.3 cm³/mol. The third kappa shape index (κ3) is 3.46. The first-order chi connectivity index (χ1) is 9.13. The van der Waals surface area contributed by atoms with Gasteiger partial charge in [-0.15, -0.1) is 0 Å². The minimum absolute atomic E-state index is 0.112. The number of carbonyl (C=O) groups is 1. The lowest BCUT2D eigenvalue weighted by atomic mass is 10.1. The predicted octanol–water partition coefficient (Wildman–Crippen LogP) is 2.77. The van der Waals surface area contributed by atoms with Crippen molar-refractivity contribution in [3.8, 4) is 0 Å². The van der Waals surface area contributed by atoms with Gasteiger partial charge in [-0.3, -0.25) is 4.79 Å². The van der Waals surface area contributed by atoms with Crippen molar-refractivity contribution in [2.75, 3.05) is 18.9 Å². The van der Waals surface area contributed by atoms with Crippen molar-refractivity contribution < 1.29 is 4.79 Å². The van der Waals surface area contributed by atoms with E-state index in [-0.39, 0.29) is 5.91 Å². The van der Waals surface area contributed by atoms with Gasteiger partial charge in [0.05, 0.1) is 5.56 Å². The standard InChI is InChI=1S/C15H23N3O/c1-11(2)8-10-18(12-6-7-12)15(19)13-5-4-9-17-14(13)16-3/h4-5,9,11-12H,6-8,10H2,1-3H3,(H,16,17). The number of hydrogen-bond acceptors (Lipinski definition) is 3. The Bertz CT molecular complexity index is 441. The molecule has 1 aromatic heterocycles. The van der Waals surface area contributed by atoms with Gasteiger partial charge in [0.15, 0.2) is 0 Å². The molecule has 0 atom stereocenters. The van der Waals surface area contributed by atoms with Gasteiger partial charge in [0.1, 0.15) is 5.82 Å². The highest BCUT2D eigenvalue weighted by Crippen LogP contribution is 2.29. The molecule has 1 amide bonds. The number of nitrogens with zero attached hydrogens (tertiary/aromatic N) is 2. The highest BCUT2D eigenvalue weighted by molar-refractivity contribution is 5.99. The largest absolute Gasteiger partial charge is 0.372 e. The highest BCUT2D eigenvalue weighted by atomic mass is 16.2. The van der Waals surface area contributed by atoms with Crippen LogP contribution in [-0.4, -0.2) is 35.4 Å². The molecule has 19 heavy (non-hydrogen) atoms. The van der Waals surface area contributed by atoms with Gasteiger partial charge in [0, 0.05) is 25.8 Å². The van der Waals surface area contributed by atoms with Gasteiger partial charge in [-0.25, -0.2) is 4.98 Å². The van der Waals surface area contributed by atoms with Crippen LogP contribution < -0.4 is 5.32 Å². The van der Waals surface area contributed by atoms with E-state index in [1.165, 1.54) is 0 Å². The molecule has 0 aliphatic heterocycles. The Morgan fingerprint density at radius 2 is 2.26 bits per heavy atom. The summed E-state index contributed by atoms with van der Waals surface area (Å²) in [6, 6.07) is 4.12. The van der Waals surface area contributed by atoms with E-state index in [1.54, 1.807) is 13.2 Å². The van der Waals surface area contributed by atoms with Crippen molar-refractivity contribution in [3.63, 3.8) is 0 Å². The lowest BCUT2D eigenvalue weighted by molar-refractivity contribution is 0.0736. The summed E-state index contributed by atoms with van der Waals surface area (Å²) in [5, 5.41) is 3.00. The van der Waals surface area contributed by atoms with Gasteiger partial charge in [-0.1, -0.05) is 13.8 Å². The summed E-state index contributed by atoms with van der Waals surface area (Å²) in [7, 11) is 1.80. The molecule has 4 nitrogen and oxygen atoms in total. The quantitative estimate of drug-likeness (QED) is 0.856. The SMILES string of the molecule is CNc1ncccc1C(=O)N(CCC(C)C)C1CC1. The molecule has 4 heteroatoms. The third-order valence-corrected chi connectivity index (χ3v) is 3.47.